The van der Waals surface area contributed by atoms with E-state index in [4.69, 9.17) is 18.9 Å². The van der Waals surface area contributed by atoms with Crippen molar-refractivity contribution in [2.24, 2.45) is 0 Å². The minimum Gasteiger partial charge on any atom is -0.490 e. The number of benzene rings is 2. The molecule has 0 aliphatic carbocycles. The molecule has 0 amide bonds. The van der Waals surface area contributed by atoms with Crippen molar-refractivity contribution in [3.8, 4) is 34.1 Å². The highest BCUT2D eigenvalue weighted by Gasteiger charge is 2.13. The van der Waals surface area contributed by atoms with Crippen molar-refractivity contribution in [1.82, 2.24) is 0 Å². The number of unbranched alkanes of at least 4 members (excludes halogenated alkanes) is 20. The van der Waals surface area contributed by atoms with Crippen molar-refractivity contribution in [2.45, 2.75) is 182 Å². The molecule has 0 aliphatic rings. The first-order valence-corrected chi connectivity index (χ1v) is 20.5. The van der Waals surface area contributed by atoms with Crippen molar-refractivity contribution >= 4 is 0 Å². The summed E-state index contributed by atoms with van der Waals surface area (Å²) in [6, 6.07) is 12.9. The third-order valence-corrected chi connectivity index (χ3v) is 9.24. The lowest BCUT2D eigenvalue weighted by Gasteiger charge is -2.17. The lowest BCUT2D eigenvalue weighted by Crippen LogP contribution is -2.04. The first-order chi connectivity index (χ1) is 23.7. The molecule has 0 bridgehead atoms. The monoisotopic (exact) mass is 667 g/mol. The highest BCUT2D eigenvalue weighted by molar-refractivity contribution is 5.70. The second-order valence-electron chi connectivity index (χ2n) is 13.8. The Bertz CT molecular complexity index is 937. The normalized spacial score (nSPS) is 11.2. The summed E-state index contributed by atoms with van der Waals surface area (Å²) in [5.74, 6) is 3.42. The Morgan fingerprint density at radius 1 is 0.292 bits per heavy atom. The number of rotatable bonds is 33. The van der Waals surface area contributed by atoms with Gasteiger partial charge in [-0.1, -0.05) is 168 Å². The molecule has 0 saturated heterocycles. The molecule has 4 heteroatoms. The third-order valence-electron chi connectivity index (χ3n) is 9.24. The molecule has 2 aromatic carbocycles. The van der Waals surface area contributed by atoms with Crippen LogP contribution in [-0.2, 0) is 0 Å². The number of ether oxygens (including phenoxy) is 4. The van der Waals surface area contributed by atoms with Crippen molar-refractivity contribution in [1.29, 1.82) is 0 Å². The molecule has 0 fully saturated rings. The predicted molar refractivity (Wildman–Crippen MR) is 207 cm³/mol. The van der Waals surface area contributed by atoms with E-state index >= 15 is 0 Å². The van der Waals surface area contributed by atoms with Crippen LogP contribution in [0.1, 0.15) is 182 Å². The molecule has 2 rings (SSSR count). The second-order valence-corrected chi connectivity index (χ2v) is 13.8. The maximum absolute atomic E-state index is 6.41. The zero-order valence-corrected chi connectivity index (χ0v) is 31.9. The molecule has 2 aromatic rings. The van der Waals surface area contributed by atoms with Crippen LogP contribution in [0.15, 0.2) is 36.4 Å². The molecule has 48 heavy (non-hydrogen) atoms. The second kappa shape index (κ2) is 29.5. The molecule has 0 aromatic heterocycles. The summed E-state index contributed by atoms with van der Waals surface area (Å²) in [7, 11) is 0. The van der Waals surface area contributed by atoms with Crippen LogP contribution < -0.4 is 18.9 Å². The van der Waals surface area contributed by atoms with Gasteiger partial charge in [0, 0.05) is 0 Å². The SMILES string of the molecule is CCCCCCCCOc1ccc(-c2ccc(OCCCCCCCC)c(OCCCCCCCC)c2)cc1OCCCCCCCC. The fraction of sp³-hybridized carbons (Fsp3) is 0.727. The van der Waals surface area contributed by atoms with Gasteiger partial charge in [0.25, 0.3) is 0 Å². The molecule has 0 N–H and O–H groups in total. The summed E-state index contributed by atoms with van der Waals surface area (Å²) in [4.78, 5) is 0. The first kappa shape index (κ1) is 41.8. The van der Waals surface area contributed by atoms with Crippen LogP contribution in [0.5, 0.6) is 23.0 Å². The molecule has 0 spiro atoms. The third kappa shape index (κ3) is 19.6. The van der Waals surface area contributed by atoms with Crippen molar-refractivity contribution in [2.75, 3.05) is 26.4 Å². The Balaban J connectivity index is 2.12. The summed E-state index contributed by atoms with van der Waals surface area (Å²) in [6.07, 6.45) is 30.1. The smallest absolute Gasteiger partial charge is 0.161 e. The highest BCUT2D eigenvalue weighted by Crippen LogP contribution is 2.37. The molecule has 0 saturated carbocycles. The average molecular weight is 667 g/mol. The molecule has 0 unspecified atom stereocenters. The van der Waals surface area contributed by atoms with Crippen LogP contribution in [0.3, 0.4) is 0 Å². The summed E-state index contributed by atoms with van der Waals surface area (Å²) in [5.41, 5.74) is 2.23. The van der Waals surface area contributed by atoms with E-state index in [2.05, 4.69) is 64.1 Å². The zero-order chi connectivity index (χ0) is 34.3. The van der Waals surface area contributed by atoms with Crippen molar-refractivity contribution < 1.29 is 18.9 Å². The molecular formula is C44H74O4. The van der Waals surface area contributed by atoms with E-state index in [0.29, 0.717) is 0 Å². The van der Waals surface area contributed by atoms with Gasteiger partial charge in [0.2, 0.25) is 0 Å². The van der Waals surface area contributed by atoms with Gasteiger partial charge < -0.3 is 18.9 Å². The maximum atomic E-state index is 6.41. The van der Waals surface area contributed by atoms with Gasteiger partial charge in [-0.3, -0.25) is 0 Å². The van der Waals surface area contributed by atoms with Crippen molar-refractivity contribution in [3.05, 3.63) is 36.4 Å². The van der Waals surface area contributed by atoms with Crippen LogP contribution in [0, 0.1) is 0 Å². The van der Waals surface area contributed by atoms with Gasteiger partial charge in [-0.2, -0.15) is 0 Å². The van der Waals surface area contributed by atoms with E-state index in [1.165, 1.54) is 128 Å². The predicted octanol–water partition coefficient (Wildman–Crippen LogP) is 14.3. The van der Waals surface area contributed by atoms with Gasteiger partial charge in [0.1, 0.15) is 0 Å². The van der Waals surface area contributed by atoms with E-state index < -0.39 is 0 Å². The minimum absolute atomic E-state index is 0.723. The van der Waals surface area contributed by atoms with Crippen LogP contribution in [-0.4, -0.2) is 26.4 Å². The van der Waals surface area contributed by atoms with Gasteiger partial charge in [-0.15, -0.1) is 0 Å². The quantitative estimate of drug-likeness (QED) is 0.0710. The van der Waals surface area contributed by atoms with Gasteiger partial charge >= 0.3 is 0 Å². The van der Waals surface area contributed by atoms with Gasteiger partial charge in [-0.25, -0.2) is 0 Å². The minimum atomic E-state index is 0.723. The molecule has 4 nitrogen and oxygen atoms in total. The Kier molecular flexibility index (Phi) is 25.7. The Morgan fingerprint density at radius 2 is 0.542 bits per heavy atom. The van der Waals surface area contributed by atoms with Crippen molar-refractivity contribution in [3.63, 3.8) is 0 Å². The van der Waals surface area contributed by atoms with E-state index in [-0.39, 0.29) is 0 Å². The average Bonchev–Trinajstić information content (AvgIpc) is 3.10. The fourth-order valence-corrected chi connectivity index (χ4v) is 6.10. The first-order valence-electron chi connectivity index (χ1n) is 20.5. The van der Waals surface area contributed by atoms with Crippen LogP contribution in [0.2, 0.25) is 0 Å². The summed E-state index contributed by atoms with van der Waals surface area (Å²) < 4.78 is 25.4. The largest absolute Gasteiger partial charge is 0.490 e. The van der Waals surface area contributed by atoms with E-state index in [1.54, 1.807) is 0 Å². The van der Waals surface area contributed by atoms with E-state index in [1.807, 2.05) is 0 Å². The Hall–Kier alpha value is -2.36. The van der Waals surface area contributed by atoms with Gasteiger partial charge in [0.05, 0.1) is 26.4 Å². The topological polar surface area (TPSA) is 36.9 Å². The van der Waals surface area contributed by atoms with Crippen LogP contribution in [0.4, 0.5) is 0 Å². The lowest BCUT2D eigenvalue weighted by atomic mass is 10.0. The molecular weight excluding hydrogens is 592 g/mol. The van der Waals surface area contributed by atoms with Crippen LogP contribution in [0.25, 0.3) is 11.1 Å². The lowest BCUT2D eigenvalue weighted by molar-refractivity contribution is 0.258. The maximum Gasteiger partial charge on any atom is 0.161 e. The highest BCUT2D eigenvalue weighted by atomic mass is 16.5. The van der Waals surface area contributed by atoms with E-state index in [9.17, 15) is 0 Å². The van der Waals surface area contributed by atoms with Crippen LogP contribution >= 0.6 is 0 Å². The molecule has 0 heterocycles. The molecule has 0 radical (unpaired) electrons. The summed E-state index contributed by atoms with van der Waals surface area (Å²) >= 11 is 0. The van der Waals surface area contributed by atoms with Gasteiger partial charge in [-0.05, 0) is 61.1 Å². The summed E-state index contributed by atoms with van der Waals surface area (Å²) in [6.45, 7) is 12.0. The van der Waals surface area contributed by atoms with E-state index in [0.717, 1.165) is 86.2 Å². The molecule has 274 valence electrons. The fourth-order valence-electron chi connectivity index (χ4n) is 6.10. The Labute approximate surface area is 297 Å². The number of hydrogen-bond acceptors (Lipinski definition) is 4. The Morgan fingerprint density at radius 3 is 0.833 bits per heavy atom. The number of hydrogen-bond donors (Lipinski definition) is 0. The zero-order valence-electron chi connectivity index (χ0n) is 31.9. The molecule has 0 aliphatic heterocycles. The standard InChI is InChI=1S/C44H74O4/c1-5-9-13-17-21-25-33-45-41-31-29-39(37-43(41)47-35-27-23-19-15-11-7-3)40-30-32-42(46-34-26-22-18-14-10-6-2)44(38-40)48-36-28-24-20-16-12-8-4/h29-32,37-38H,5-28,33-36H2,1-4H3. The van der Waals surface area contributed by atoms with Gasteiger partial charge in [0.15, 0.2) is 23.0 Å². The summed E-state index contributed by atoms with van der Waals surface area (Å²) in [5, 5.41) is 0. The molecule has 0 atom stereocenters.